The van der Waals surface area contributed by atoms with Crippen LogP contribution in [-0.4, -0.2) is 47.8 Å². The Balaban J connectivity index is 1.77. The maximum Gasteiger partial charge on any atom is 0.470 e. The molecular formula is C23H25F4N5O2. The molecule has 3 rings (SSSR count). The molecule has 0 aliphatic rings. The van der Waals surface area contributed by atoms with Gasteiger partial charge in [-0.3, -0.25) is 4.90 Å². The number of nitrogens with one attached hydrogen (secondary N) is 1. The highest BCUT2D eigenvalue weighted by Crippen LogP contribution is 2.31. The predicted octanol–water partition coefficient (Wildman–Crippen LogP) is 4.95. The number of alkyl halides is 3. The quantitative estimate of drug-likeness (QED) is 0.440. The largest absolute Gasteiger partial charge is 0.470 e. The van der Waals surface area contributed by atoms with Crippen molar-refractivity contribution in [1.82, 2.24) is 20.4 Å². The lowest BCUT2D eigenvalue weighted by Crippen LogP contribution is -2.42. The van der Waals surface area contributed by atoms with Crippen molar-refractivity contribution in [2.75, 3.05) is 31.6 Å². The van der Waals surface area contributed by atoms with E-state index in [1.54, 1.807) is 30.3 Å². The Kier molecular flexibility index (Phi) is 8.21. The zero-order chi connectivity index (χ0) is 24.7. The first-order valence-electron chi connectivity index (χ1n) is 10.7. The summed E-state index contributed by atoms with van der Waals surface area (Å²) in [5.41, 5.74) is 0.734. The Bertz CT molecular complexity index is 1090. The van der Waals surface area contributed by atoms with Gasteiger partial charge in [0.2, 0.25) is 5.89 Å². The Hall–Kier alpha value is -3.47. The summed E-state index contributed by atoms with van der Waals surface area (Å²) in [6.07, 6.45) is -3.80. The van der Waals surface area contributed by atoms with Gasteiger partial charge in [-0.1, -0.05) is 31.2 Å². The minimum absolute atomic E-state index is 0.000996. The van der Waals surface area contributed by atoms with Crippen molar-refractivity contribution in [3.05, 3.63) is 65.8 Å². The van der Waals surface area contributed by atoms with Crippen LogP contribution in [0.5, 0.6) is 0 Å². The number of benzene rings is 2. The molecule has 0 fully saturated rings. The molecule has 0 radical (unpaired) electrons. The van der Waals surface area contributed by atoms with Gasteiger partial charge < -0.3 is 14.6 Å². The maximum absolute atomic E-state index is 14.9. The van der Waals surface area contributed by atoms with Gasteiger partial charge in [0.1, 0.15) is 5.82 Å². The SMILES string of the molecule is CCCN(C)CCNC(=O)N(Cc1ccc(-c2nnc(C(F)(F)F)o2)cc1F)c1ccccc1. The Labute approximate surface area is 194 Å². The standard InChI is InChI=1S/C23H25F4N5O2/c1-3-12-31(2)13-11-28-22(33)32(18-7-5-4-6-8-18)15-17-10-9-16(14-19(17)24)20-29-30-21(34-20)23(25,26)27/h4-10,14H,3,11-13,15H2,1-2H3,(H,28,33). The number of carbonyl (C=O) groups is 1. The Morgan fingerprint density at radius 1 is 1.09 bits per heavy atom. The van der Waals surface area contributed by atoms with Crippen LogP contribution in [0.15, 0.2) is 52.9 Å². The van der Waals surface area contributed by atoms with Gasteiger partial charge in [0, 0.05) is 29.9 Å². The molecule has 2 amide bonds. The number of halogens is 4. The summed E-state index contributed by atoms with van der Waals surface area (Å²) >= 11 is 0. The highest BCUT2D eigenvalue weighted by molar-refractivity contribution is 5.91. The van der Waals surface area contributed by atoms with Gasteiger partial charge in [0.15, 0.2) is 0 Å². The number of amides is 2. The van der Waals surface area contributed by atoms with Gasteiger partial charge in [-0.15, -0.1) is 10.2 Å². The summed E-state index contributed by atoms with van der Waals surface area (Å²) < 4.78 is 57.6. The van der Waals surface area contributed by atoms with Crippen LogP contribution < -0.4 is 10.2 Å². The van der Waals surface area contributed by atoms with Crippen LogP contribution in [0.1, 0.15) is 24.8 Å². The van der Waals surface area contributed by atoms with Crippen molar-refractivity contribution in [3.8, 4) is 11.5 Å². The normalized spacial score (nSPS) is 11.6. The second-order valence-electron chi connectivity index (χ2n) is 7.67. The maximum atomic E-state index is 14.9. The van der Waals surface area contributed by atoms with Gasteiger partial charge >= 0.3 is 18.1 Å². The number of para-hydroxylation sites is 1. The molecule has 1 aromatic heterocycles. The fraction of sp³-hybridized carbons (Fsp3) is 0.348. The molecule has 0 spiro atoms. The number of urea groups is 1. The van der Waals surface area contributed by atoms with Crippen LogP contribution in [-0.2, 0) is 12.7 Å². The molecule has 0 bridgehead atoms. The lowest BCUT2D eigenvalue weighted by atomic mass is 10.1. The molecule has 0 unspecified atom stereocenters. The molecule has 2 aromatic carbocycles. The predicted molar refractivity (Wildman–Crippen MR) is 119 cm³/mol. The topological polar surface area (TPSA) is 74.5 Å². The average molecular weight is 479 g/mol. The van der Waals surface area contributed by atoms with Crippen molar-refractivity contribution in [2.24, 2.45) is 0 Å². The molecule has 3 aromatic rings. The zero-order valence-electron chi connectivity index (χ0n) is 18.8. The summed E-state index contributed by atoms with van der Waals surface area (Å²) in [6.45, 7) is 3.96. The minimum atomic E-state index is -4.79. The molecule has 1 N–H and O–H groups in total. The zero-order valence-corrected chi connectivity index (χ0v) is 18.8. The van der Waals surface area contributed by atoms with Gasteiger partial charge in [-0.25, -0.2) is 9.18 Å². The molecular weight excluding hydrogens is 454 g/mol. The van der Waals surface area contributed by atoms with E-state index in [1.165, 1.54) is 17.0 Å². The second-order valence-corrected chi connectivity index (χ2v) is 7.67. The van der Waals surface area contributed by atoms with E-state index >= 15 is 0 Å². The first kappa shape index (κ1) is 25.2. The highest BCUT2D eigenvalue weighted by atomic mass is 19.4. The smallest absolute Gasteiger partial charge is 0.413 e. The number of rotatable bonds is 9. The van der Waals surface area contributed by atoms with Gasteiger partial charge in [-0.05, 0) is 44.3 Å². The van der Waals surface area contributed by atoms with Crippen LogP contribution in [0, 0.1) is 5.82 Å². The summed E-state index contributed by atoms with van der Waals surface area (Å²) in [5.74, 6) is -2.68. The third kappa shape index (κ3) is 6.53. The van der Waals surface area contributed by atoms with E-state index < -0.39 is 29.8 Å². The van der Waals surface area contributed by atoms with Crippen molar-refractivity contribution >= 4 is 11.7 Å². The molecule has 182 valence electrons. The number of hydrogen-bond acceptors (Lipinski definition) is 5. The summed E-state index contributed by atoms with van der Waals surface area (Å²) in [6, 6.07) is 12.1. The van der Waals surface area contributed by atoms with Crippen LogP contribution in [0.3, 0.4) is 0 Å². The number of hydrogen-bond donors (Lipinski definition) is 1. The van der Waals surface area contributed by atoms with Crippen molar-refractivity contribution < 1.29 is 26.8 Å². The van der Waals surface area contributed by atoms with Crippen LogP contribution in [0.4, 0.5) is 28.0 Å². The number of likely N-dealkylation sites (N-methyl/N-ethyl adjacent to an activating group) is 1. The molecule has 1 heterocycles. The van der Waals surface area contributed by atoms with Gasteiger partial charge in [-0.2, -0.15) is 13.2 Å². The van der Waals surface area contributed by atoms with E-state index in [0.29, 0.717) is 18.8 Å². The molecule has 0 saturated heterocycles. The Morgan fingerprint density at radius 2 is 1.82 bits per heavy atom. The lowest BCUT2D eigenvalue weighted by Gasteiger charge is -2.24. The van der Waals surface area contributed by atoms with Gasteiger partial charge in [0.05, 0.1) is 6.54 Å². The number of carbonyl (C=O) groups excluding carboxylic acids is 1. The molecule has 0 aliphatic heterocycles. The van der Waals surface area contributed by atoms with E-state index in [-0.39, 0.29) is 17.7 Å². The molecule has 7 nitrogen and oxygen atoms in total. The molecule has 34 heavy (non-hydrogen) atoms. The third-order valence-corrected chi connectivity index (χ3v) is 4.98. The number of anilines is 1. The molecule has 11 heteroatoms. The average Bonchev–Trinajstić information content (AvgIpc) is 3.30. The first-order chi connectivity index (χ1) is 16.2. The van der Waals surface area contributed by atoms with E-state index in [9.17, 15) is 22.4 Å². The summed E-state index contributed by atoms with van der Waals surface area (Å²) in [7, 11) is 1.96. The number of nitrogens with zero attached hydrogens (tertiary/aromatic N) is 4. The fourth-order valence-electron chi connectivity index (χ4n) is 3.26. The van der Waals surface area contributed by atoms with Crippen LogP contribution in [0.25, 0.3) is 11.5 Å². The van der Waals surface area contributed by atoms with Crippen LogP contribution >= 0.6 is 0 Å². The second kappa shape index (κ2) is 11.1. The minimum Gasteiger partial charge on any atom is -0.413 e. The van der Waals surface area contributed by atoms with Crippen LogP contribution in [0.2, 0.25) is 0 Å². The highest BCUT2D eigenvalue weighted by Gasteiger charge is 2.38. The van der Waals surface area contributed by atoms with Crippen molar-refractivity contribution in [2.45, 2.75) is 26.1 Å². The molecule has 0 aliphatic carbocycles. The van der Waals surface area contributed by atoms with E-state index in [0.717, 1.165) is 19.0 Å². The number of aromatic nitrogens is 2. The fourth-order valence-corrected chi connectivity index (χ4v) is 3.26. The Morgan fingerprint density at radius 3 is 2.44 bits per heavy atom. The van der Waals surface area contributed by atoms with E-state index in [2.05, 4.69) is 31.8 Å². The lowest BCUT2D eigenvalue weighted by molar-refractivity contribution is -0.156. The van der Waals surface area contributed by atoms with E-state index in [1.807, 2.05) is 7.05 Å². The van der Waals surface area contributed by atoms with Crippen molar-refractivity contribution in [3.63, 3.8) is 0 Å². The first-order valence-corrected chi connectivity index (χ1v) is 10.7. The summed E-state index contributed by atoms with van der Waals surface area (Å²) in [4.78, 5) is 16.4. The summed E-state index contributed by atoms with van der Waals surface area (Å²) in [5, 5.41) is 9.14. The van der Waals surface area contributed by atoms with E-state index in [4.69, 9.17) is 0 Å². The molecule has 0 atom stereocenters. The molecule has 0 saturated carbocycles. The van der Waals surface area contributed by atoms with Crippen molar-refractivity contribution in [1.29, 1.82) is 0 Å². The van der Waals surface area contributed by atoms with Gasteiger partial charge in [0.25, 0.3) is 0 Å². The monoisotopic (exact) mass is 479 g/mol. The third-order valence-electron chi connectivity index (χ3n) is 4.98.